The molecule has 0 spiro atoms. The molecule has 0 aliphatic heterocycles. The molecule has 11 heteroatoms. The topological polar surface area (TPSA) is 88.9 Å². The van der Waals surface area contributed by atoms with Gasteiger partial charge in [-0.1, -0.05) is 30.3 Å². The second-order valence-corrected chi connectivity index (χ2v) is 6.17. The summed E-state index contributed by atoms with van der Waals surface area (Å²) < 4.78 is 52.8. The number of aromatic nitrogens is 3. The van der Waals surface area contributed by atoms with Crippen LogP contribution in [-0.2, 0) is 24.1 Å². The van der Waals surface area contributed by atoms with Crippen molar-refractivity contribution in [3.8, 4) is 0 Å². The van der Waals surface area contributed by atoms with E-state index >= 15 is 0 Å². The highest BCUT2D eigenvalue weighted by atomic mass is 19.4. The summed E-state index contributed by atoms with van der Waals surface area (Å²) in [6.07, 6.45) is -3.75. The zero-order valence-electron chi connectivity index (χ0n) is 15.3. The number of hydrogen-bond donors (Lipinski definition) is 2. The van der Waals surface area contributed by atoms with Crippen LogP contribution in [0.5, 0.6) is 0 Å². The molecule has 0 unspecified atom stereocenters. The zero-order chi connectivity index (χ0) is 21.7. The predicted octanol–water partition coefficient (Wildman–Crippen LogP) is 3.00. The van der Waals surface area contributed by atoms with E-state index in [2.05, 4.69) is 20.7 Å². The quantitative estimate of drug-likeness (QED) is 0.599. The van der Waals surface area contributed by atoms with Gasteiger partial charge in [0.15, 0.2) is 0 Å². The molecule has 0 saturated heterocycles. The molecule has 2 amide bonds. The average molecular weight is 421 g/mol. The van der Waals surface area contributed by atoms with Crippen molar-refractivity contribution in [1.29, 1.82) is 0 Å². The summed E-state index contributed by atoms with van der Waals surface area (Å²) in [5.74, 6) is -3.00. The number of anilines is 1. The molecule has 0 aliphatic carbocycles. The van der Waals surface area contributed by atoms with E-state index in [1.807, 2.05) is 30.3 Å². The maximum Gasteiger partial charge on any atom is 0.419 e. The highest BCUT2D eigenvalue weighted by molar-refractivity contribution is 6.03. The van der Waals surface area contributed by atoms with Crippen LogP contribution in [0.15, 0.2) is 54.9 Å². The molecule has 1 heterocycles. The minimum Gasteiger partial charge on any atom is -0.350 e. The minimum absolute atomic E-state index is 0.176. The van der Waals surface area contributed by atoms with E-state index in [4.69, 9.17) is 0 Å². The van der Waals surface area contributed by atoms with Crippen LogP contribution in [0.3, 0.4) is 0 Å². The number of benzene rings is 2. The summed E-state index contributed by atoms with van der Waals surface area (Å²) in [7, 11) is 0. The molecule has 2 N–H and O–H groups in total. The Morgan fingerprint density at radius 3 is 2.50 bits per heavy atom. The zero-order valence-corrected chi connectivity index (χ0v) is 15.3. The fourth-order valence-corrected chi connectivity index (χ4v) is 2.49. The molecule has 7 nitrogen and oxygen atoms in total. The van der Waals surface area contributed by atoms with Gasteiger partial charge in [0.05, 0.1) is 5.56 Å². The van der Waals surface area contributed by atoms with Crippen LogP contribution in [0, 0.1) is 5.82 Å². The lowest BCUT2D eigenvalue weighted by Gasteiger charge is -2.09. The molecule has 3 aromatic rings. The van der Waals surface area contributed by atoms with E-state index in [0.717, 1.165) is 16.3 Å². The number of rotatable bonds is 6. The van der Waals surface area contributed by atoms with Crippen molar-refractivity contribution in [2.24, 2.45) is 0 Å². The summed E-state index contributed by atoms with van der Waals surface area (Å²) in [5.41, 5.74) is -1.06. The van der Waals surface area contributed by atoms with Gasteiger partial charge in [-0.05, 0) is 23.8 Å². The summed E-state index contributed by atoms with van der Waals surface area (Å²) in [5, 5.41) is 8.77. The number of carbonyl (C=O) groups excluding carboxylic acids is 2. The van der Waals surface area contributed by atoms with Gasteiger partial charge >= 0.3 is 6.18 Å². The fourth-order valence-electron chi connectivity index (χ4n) is 2.49. The third-order valence-corrected chi connectivity index (χ3v) is 3.93. The molecule has 2 aromatic carbocycles. The van der Waals surface area contributed by atoms with Crippen molar-refractivity contribution in [2.45, 2.75) is 19.3 Å². The Hall–Kier alpha value is -3.76. The van der Waals surface area contributed by atoms with Gasteiger partial charge in [0.25, 0.3) is 5.91 Å². The normalized spacial score (nSPS) is 11.2. The molecule has 156 valence electrons. The number of nitrogens with zero attached hydrogens (tertiary/aromatic N) is 3. The van der Waals surface area contributed by atoms with Crippen LogP contribution in [0.1, 0.15) is 21.5 Å². The Morgan fingerprint density at radius 1 is 1.07 bits per heavy atom. The van der Waals surface area contributed by atoms with Gasteiger partial charge in [0.2, 0.25) is 11.9 Å². The monoisotopic (exact) mass is 421 g/mol. The molecule has 0 atom stereocenters. The number of carbonyl (C=O) groups is 2. The van der Waals surface area contributed by atoms with Crippen LogP contribution in [-0.4, -0.2) is 26.6 Å². The largest absolute Gasteiger partial charge is 0.419 e. The number of hydrogen-bond acceptors (Lipinski definition) is 4. The third kappa shape index (κ3) is 5.40. The average Bonchev–Trinajstić information content (AvgIpc) is 3.13. The Bertz CT molecular complexity index is 1050. The number of nitrogens with one attached hydrogen (secondary N) is 2. The molecule has 0 radical (unpaired) electrons. The molecule has 0 fully saturated rings. The van der Waals surface area contributed by atoms with E-state index in [0.29, 0.717) is 18.7 Å². The van der Waals surface area contributed by atoms with Gasteiger partial charge in [-0.25, -0.2) is 14.1 Å². The van der Waals surface area contributed by atoms with Crippen LogP contribution in [0.25, 0.3) is 0 Å². The lowest BCUT2D eigenvalue weighted by Crippen LogP contribution is -2.27. The lowest BCUT2D eigenvalue weighted by molar-refractivity contribution is -0.140. The van der Waals surface area contributed by atoms with Gasteiger partial charge in [0.1, 0.15) is 18.7 Å². The molecular weight excluding hydrogens is 406 g/mol. The molecule has 0 saturated carbocycles. The Balaban J connectivity index is 1.58. The van der Waals surface area contributed by atoms with E-state index in [1.165, 1.54) is 6.33 Å². The smallest absolute Gasteiger partial charge is 0.350 e. The van der Waals surface area contributed by atoms with E-state index in [-0.39, 0.29) is 18.4 Å². The van der Waals surface area contributed by atoms with Gasteiger partial charge in [-0.15, -0.1) is 5.10 Å². The van der Waals surface area contributed by atoms with Gasteiger partial charge in [0, 0.05) is 12.1 Å². The maximum absolute atomic E-state index is 13.3. The lowest BCUT2D eigenvalue weighted by atomic mass is 10.1. The molecule has 3 rings (SSSR count). The van der Waals surface area contributed by atoms with Crippen molar-refractivity contribution in [3.05, 3.63) is 77.4 Å². The second-order valence-electron chi connectivity index (χ2n) is 6.17. The van der Waals surface area contributed by atoms with Crippen LogP contribution < -0.4 is 10.6 Å². The molecule has 30 heavy (non-hydrogen) atoms. The number of halogens is 4. The third-order valence-electron chi connectivity index (χ3n) is 3.93. The summed E-state index contributed by atoms with van der Waals surface area (Å²) in [6, 6.07) is 11.1. The number of amides is 2. The Morgan fingerprint density at radius 2 is 1.80 bits per heavy atom. The standard InChI is InChI=1S/C19H15F4N5O2/c20-15-7-6-13(8-14(15)19(21,22)23)17(30)26-18-25-11-28(27-18)10-16(29)24-9-12-4-2-1-3-5-12/h1-8,11H,9-10H2,(H,24,29)(H,26,27,30). The molecule has 1 aromatic heterocycles. The van der Waals surface area contributed by atoms with E-state index in [1.54, 1.807) is 0 Å². The first-order valence-corrected chi connectivity index (χ1v) is 8.60. The fraction of sp³-hybridized carbons (Fsp3) is 0.158. The molecule has 0 aliphatic rings. The van der Waals surface area contributed by atoms with Crippen molar-refractivity contribution >= 4 is 17.8 Å². The van der Waals surface area contributed by atoms with Crippen LogP contribution in [0.4, 0.5) is 23.5 Å². The molecule has 0 bridgehead atoms. The van der Waals surface area contributed by atoms with Crippen molar-refractivity contribution < 1.29 is 27.2 Å². The van der Waals surface area contributed by atoms with Gasteiger partial charge in [-0.3, -0.25) is 14.9 Å². The Kier molecular flexibility index (Phi) is 6.09. The SMILES string of the molecule is O=C(Cn1cnc(NC(=O)c2ccc(F)c(C(F)(F)F)c2)n1)NCc1ccccc1. The summed E-state index contributed by atoms with van der Waals surface area (Å²) >= 11 is 0. The van der Waals surface area contributed by atoms with Crippen molar-refractivity contribution in [3.63, 3.8) is 0 Å². The molecular formula is C19H15F4N5O2. The first kappa shape index (κ1) is 21.0. The summed E-state index contributed by atoms with van der Waals surface area (Å²) in [4.78, 5) is 27.9. The van der Waals surface area contributed by atoms with Crippen molar-refractivity contribution in [1.82, 2.24) is 20.1 Å². The van der Waals surface area contributed by atoms with E-state index < -0.39 is 29.0 Å². The van der Waals surface area contributed by atoms with Gasteiger partial charge in [-0.2, -0.15) is 13.2 Å². The van der Waals surface area contributed by atoms with Crippen LogP contribution >= 0.6 is 0 Å². The van der Waals surface area contributed by atoms with Crippen molar-refractivity contribution in [2.75, 3.05) is 5.32 Å². The minimum atomic E-state index is -4.94. The highest BCUT2D eigenvalue weighted by Gasteiger charge is 2.34. The second kappa shape index (κ2) is 8.72. The summed E-state index contributed by atoms with van der Waals surface area (Å²) in [6.45, 7) is 0.147. The first-order valence-electron chi connectivity index (χ1n) is 8.60. The Labute approximate surface area is 167 Å². The van der Waals surface area contributed by atoms with E-state index in [9.17, 15) is 27.2 Å². The van der Waals surface area contributed by atoms with Gasteiger partial charge < -0.3 is 5.32 Å². The highest BCUT2D eigenvalue weighted by Crippen LogP contribution is 2.32. The predicted molar refractivity (Wildman–Crippen MR) is 97.7 cm³/mol. The maximum atomic E-state index is 13.3. The van der Waals surface area contributed by atoms with Crippen LogP contribution in [0.2, 0.25) is 0 Å². The first-order chi connectivity index (χ1) is 14.2. The number of alkyl halides is 3.